The molecule has 0 saturated carbocycles. The minimum Gasteiger partial charge on any atom is -0.497 e. The van der Waals surface area contributed by atoms with E-state index in [4.69, 9.17) is 18.9 Å². The van der Waals surface area contributed by atoms with E-state index in [1.807, 2.05) is 47.4 Å². The summed E-state index contributed by atoms with van der Waals surface area (Å²) in [7, 11) is 6.85. The molecule has 0 amide bonds. The van der Waals surface area contributed by atoms with Gasteiger partial charge in [-0.05, 0) is 123 Å². The van der Waals surface area contributed by atoms with Crippen molar-refractivity contribution < 1.29 is 18.9 Å². The zero-order valence-electron chi connectivity index (χ0n) is 33.9. The predicted octanol–water partition coefficient (Wildman–Crippen LogP) is 13.7. The Kier molecular flexibility index (Phi) is 13.3. The van der Waals surface area contributed by atoms with Crippen LogP contribution in [0.1, 0.15) is 40.2 Å². The second-order valence-corrected chi connectivity index (χ2v) is 17.7. The molecule has 0 spiro atoms. The number of ether oxygens (including phenoxy) is 4. The zero-order chi connectivity index (χ0) is 40.6. The van der Waals surface area contributed by atoms with Gasteiger partial charge in [-0.15, -0.1) is 35.3 Å². The molecule has 1 aliphatic rings. The highest BCUT2D eigenvalue weighted by Gasteiger charge is 2.19. The van der Waals surface area contributed by atoms with Crippen molar-refractivity contribution in [2.24, 2.45) is 0 Å². The molecule has 298 valence electrons. The van der Waals surface area contributed by atoms with E-state index in [1.54, 1.807) is 28.4 Å². The standard InChI is InChI=1S/C52H48O4S3/c1-53-42-25-35(26-43(30-42)54-2)32-57-46-19-13-37(14-20-46)52(38-15-21-47(22-16-38)58-33-36-27-44(55-3)31-45(28-36)56-4)39-17-23-48(24-18-39)59-34-51-49-11-7-5-9-40(49)29-41-10-6-8-12-50(41)51/h5-27,29-31,45,52H,28,32-34H2,1-4H3. The number of thioether (sulfide) groups is 3. The highest BCUT2D eigenvalue weighted by atomic mass is 32.2. The van der Waals surface area contributed by atoms with Crippen molar-refractivity contribution in [2.45, 2.75) is 44.6 Å². The van der Waals surface area contributed by atoms with E-state index in [0.29, 0.717) is 0 Å². The normalized spacial score (nSPS) is 14.5. The fraction of sp³-hybridized carbons (Fsp3) is 0.192. The van der Waals surface area contributed by atoms with Crippen LogP contribution in [0.15, 0.2) is 184 Å². The Morgan fingerprint density at radius 3 is 1.51 bits per heavy atom. The predicted molar refractivity (Wildman–Crippen MR) is 250 cm³/mol. The number of rotatable bonds is 16. The smallest absolute Gasteiger partial charge is 0.122 e. The van der Waals surface area contributed by atoms with Gasteiger partial charge in [0.25, 0.3) is 0 Å². The second-order valence-electron chi connectivity index (χ2n) is 14.6. The first-order valence-electron chi connectivity index (χ1n) is 19.8. The van der Waals surface area contributed by atoms with Gasteiger partial charge in [0, 0.05) is 51.0 Å². The van der Waals surface area contributed by atoms with E-state index < -0.39 is 0 Å². The second kappa shape index (κ2) is 19.3. The Morgan fingerprint density at radius 2 is 1.02 bits per heavy atom. The van der Waals surface area contributed by atoms with E-state index in [9.17, 15) is 0 Å². The van der Waals surface area contributed by atoms with Gasteiger partial charge < -0.3 is 18.9 Å². The van der Waals surface area contributed by atoms with Crippen molar-refractivity contribution in [1.29, 1.82) is 0 Å². The van der Waals surface area contributed by atoms with Gasteiger partial charge in [-0.25, -0.2) is 0 Å². The van der Waals surface area contributed by atoms with Crippen LogP contribution in [0.5, 0.6) is 11.5 Å². The van der Waals surface area contributed by atoms with Gasteiger partial charge in [0.05, 0.1) is 27.4 Å². The molecule has 0 aromatic heterocycles. The Hall–Kier alpha value is -5.05. The van der Waals surface area contributed by atoms with Crippen molar-refractivity contribution in [2.75, 3.05) is 34.2 Å². The number of allylic oxidation sites excluding steroid dienone is 1. The average molecular weight is 833 g/mol. The van der Waals surface area contributed by atoms with Crippen LogP contribution in [-0.4, -0.2) is 40.3 Å². The number of benzene rings is 7. The van der Waals surface area contributed by atoms with Gasteiger partial charge in [-0.2, -0.15) is 0 Å². The number of fused-ring (bicyclic) bond motifs is 2. The minimum absolute atomic E-state index is 0.0479. The molecule has 7 aromatic carbocycles. The Morgan fingerprint density at radius 1 is 0.525 bits per heavy atom. The molecule has 2 atom stereocenters. The third-order valence-corrected chi connectivity index (χ3v) is 14.1. The molecule has 0 saturated heterocycles. The fourth-order valence-corrected chi connectivity index (χ4v) is 10.4. The molecule has 0 bridgehead atoms. The van der Waals surface area contributed by atoms with Crippen LogP contribution < -0.4 is 9.47 Å². The highest BCUT2D eigenvalue weighted by Crippen LogP contribution is 2.38. The molecule has 1 aliphatic carbocycles. The van der Waals surface area contributed by atoms with Crippen LogP contribution in [0.25, 0.3) is 21.5 Å². The average Bonchev–Trinajstić information content (AvgIpc) is 3.30. The monoisotopic (exact) mass is 832 g/mol. The van der Waals surface area contributed by atoms with E-state index >= 15 is 0 Å². The number of methoxy groups -OCH3 is 4. The lowest BCUT2D eigenvalue weighted by Gasteiger charge is -2.21. The summed E-state index contributed by atoms with van der Waals surface area (Å²) in [6, 6.07) is 53.3. The molecule has 8 rings (SSSR count). The summed E-state index contributed by atoms with van der Waals surface area (Å²) in [5.41, 5.74) is 7.66. The summed E-state index contributed by atoms with van der Waals surface area (Å²) >= 11 is 5.57. The van der Waals surface area contributed by atoms with Gasteiger partial charge in [0.2, 0.25) is 0 Å². The zero-order valence-corrected chi connectivity index (χ0v) is 36.3. The largest absolute Gasteiger partial charge is 0.497 e. The number of hydrogen-bond acceptors (Lipinski definition) is 7. The molecule has 0 N–H and O–H groups in total. The molecule has 4 nitrogen and oxygen atoms in total. The van der Waals surface area contributed by atoms with Crippen molar-refractivity contribution in [3.63, 3.8) is 0 Å². The van der Waals surface area contributed by atoms with Crippen molar-refractivity contribution in [1.82, 2.24) is 0 Å². The summed E-state index contributed by atoms with van der Waals surface area (Å²) in [4.78, 5) is 3.72. The molecule has 0 aliphatic heterocycles. The fourth-order valence-electron chi connectivity index (χ4n) is 7.75. The summed E-state index contributed by atoms with van der Waals surface area (Å²) in [6.45, 7) is 0. The van der Waals surface area contributed by atoms with Crippen LogP contribution in [0, 0.1) is 0 Å². The highest BCUT2D eigenvalue weighted by molar-refractivity contribution is 7.99. The number of hydrogen-bond donors (Lipinski definition) is 0. The first-order chi connectivity index (χ1) is 29.0. The first-order valence-corrected chi connectivity index (χ1v) is 22.7. The van der Waals surface area contributed by atoms with E-state index in [1.165, 1.54) is 64.1 Å². The van der Waals surface area contributed by atoms with E-state index in [-0.39, 0.29) is 12.0 Å². The van der Waals surface area contributed by atoms with Crippen molar-refractivity contribution in [3.8, 4) is 11.5 Å². The molecule has 7 heteroatoms. The summed E-state index contributed by atoms with van der Waals surface area (Å²) in [6.07, 6.45) is 5.12. The molecular formula is C52H48O4S3. The topological polar surface area (TPSA) is 36.9 Å². The lowest BCUT2D eigenvalue weighted by Crippen LogP contribution is -2.14. The SMILES string of the molecule is COC1=CC(OC)CC(CSc2ccc(C(c3ccc(SCc4cc(OC)cc(OC)c4)cc3)c3ccc(SCc4c5ccccc5cc5ccccc45)cc3)cc2)=C1. The van der Waals surface area contributed by atoms with E-state index in [0.717, 1.165) is 46.5 Å². The molecule has 0 heterocycles. The molecule has 2 unspecified atom stereocenters. The van der Waals surface area contributed by atoms with Crippen LogP contribution in [0.2, 0.25) is 0 Å². The van der Waals surface area contributed by atoms with Crippen LogP contribution in [0.3, 0.4) is 0 Å². The maximum absolute atomic E-state index is 5.64. The lowest BCUT2D eigenvalue weighted by molar-refractivity contribution is 0.134. The molecular weight excluding hydrogens is 785 g/mol. The minimum atomic E-state index is 0.0479. The quantitative estimate of drug-likeness (QED) is 0.0545. The van der Waals surface area contributed by atoms with Crippen molar-refractivity contribution >= 4 is 56.8 Å². The third kappa shape index (κ3) is 9.88. The van der Waals surface area contributed by atoms with Crippen LogP contribution in [0.4, 0.5) is 0 Å². The third-order valence-electron chi connectivity index (χ3n) is 10.8. The van der Waals surface area contributed by atoms with Gasteiger partial charge in [-0.3, -0.25) is 0 Å². The maximum atomic E-state index is 5.64. The Labute approximate surface area is 361 Å². The Balaban J connectivity index is 1.03. The molecule has 0 radical (unpaired) electrons. The summed E-state index contributed by atoms with van der Waals surface area (Å²) in [5, 5.41) is 5.23. The van der Waals surface area contributed by atoms with Crippen molar-refractivity contribution in [3.05, 3.63) is 197 Å². The Bertz CT molecular complexity index is 2500. The van der Waals surface area contributed by atoms with Gasteiger partial charge in [0.1, 0.15) is 17.3 Å². The van der Waals surface area contributed by atoms with Gasteiger partial charge in [0.15, 0.2) is 0 Å². The molecule has 0 fully saturated rings. The lowest BCUT2D eigenvalue weighted by atomic mass is 9.85. The maximum Gasteiger partial charge on any atom is 0.122 e. The summed E-state index contributed by atoms with van der Waals surface area (Å²) < 4.78 is 22.2. The van der Waals surface area contributed by atoms with Gasteiger partial charge >= 0.3 is 0 Å². The first kappa shape index (κ1) is 40.7. The van der Waals surface area contributed by atoms with Crippen LogP contribution >= 0.6 is 35.3 Å². The van der Waals surface area contributed by atoms with E-state index in [2.05, 4.69) is 146 Å². The van der Waals surface area contributed by atoms with Gasteiger partial charge in [-0.1, -0.05) is 90.5 Å². The van der Waals surface area contributed by atoms with Crippen LogP contribution in [-0.2, 0) is 21.0 Å². The molecule has 7 aromatic rings. The molecule has 59 heavy (non-hydrogen) atoms. The summed E-state index contributed by atoms with van der Waals surface area (Å²) in [5.74, 6) is 5.16.